The maximum Gasteiger partial charge on any atom is 0.137 e. The number of nitrogens with zero attached hydrogens (tertiary/aromatic N) is 1. The number of rotatable bonds is 5. The maximum atomic E-state index is 6.29. The number of aromatic nitrogens is 1. The first-order valence-electron chi connectivity index (χ1n) is 6.32. The highest BCUT2D eigenvalue weighted by atomic mass is 35.5. The lowest BCUT2D eigenvalue weighted by atomic mass is 10.00. The zero-order valence-electron chi connectivity index (χ0n) is 11.5. The van der Waals surface area contributed by atoms with Gasteiger partial charge in [-0.15, -0.1) is 0 Å². The summed E-state index contributed by atoms with van der Waals surface area (Å²) < 4.78 is 10.8. The molecule has 5 heteroatoms. The predicted octanol–water partition coefficient (Wildman–Crippen LogP) is 3.19. The Morgan fingerprint density at radius 2 is 2.10 bits per heavy atom. The fourth-order valence-electron chi connectivity index (χ4n) is 1.97. The SMILES string of the molecule is CCOc1cncc(C(N)c2ccc(Cl)cc2OC)c1. The Morgan fingerprint density at radius 3 is 2.80 bits per heavy atom. The molecule has 0 aliphatic carbocycles. The summed E-state index contributed by atoms with van der Waals surface area (Å²) in [5.41, 5.74) is 8.00. The van der Waals surface area contributed by atoms with E-state index >= 15 is 0 Å². The van der Waals surface area contributed by atoms with Crippen LogP contribution in [-0.2, 0) is 0 Å². The Balaban J connectivity index is 2.35. The van der Waals surface area contributed by atoms with Crippen LogP contribution in [0.15, 0.2) is 36.7 Å². The van der Waals surface area contributed by atoms with Crippen molar-refractivity contribution in [3.8, 4) is 11.5 Å². The van der Waals surface area contributed by atoms with Gasteiger partial charge in [-0.05, 0) is 30.7 Å². The van der Waals surface area contributed by atoms with E-state index in [0.717, 1.165) is 11.1 Å². The summed E-state index contributed by atoms with van der Waals surface area (Å²) in [6.07, 6.45) is 3.39. The molecule has 1 aromatic carbocycles. The molecule has 2 rings (SSSR count). The van der Waals surface area contributed by atoms with Crippen LogP contribution in [0.3, 0.4) is 0 Å². The molecule has 0 saturated carbocycles. The van der Waals surface area contributed by atoms with E-state index in [2.05, 4.69) is 4.98 Å². The summed E-state index contributed by atoms with van der Waals surface area (Å²) in [5.74, 6) is 1.36. The number of hydrogen-bond donors (Lipinski definition) is 1. The second-order valence-electron chi connectivity index (χ2n) is 4.25. The highest BCUT2D eigenvalue weighted by Crippen LogP contribution is 2.31. The number of ether oxygens (including phenoxy) is 2. The lowest BCUT2D eigenvalue weighted by Gasteiger charge is -2.16. The van der Waals surface area contributed by atoms with E-state index in [1.807, 2.05) is 19.1 Å². The molecule has 0 radical (unpaired) electrons. The van der Waals surface area contributed by atoms with Crippen LogP contribution in [0.25, 0.3) is 0 Å². The van der Waals surface area contributed by atoms with E-state index in [-0.39, 0.29) is 6.04 Å². The first-order chi connectivity index (χ1) is 9.65. The van der Waals surface area contributed by atoms with Gasteiger partial charge in [-0.1, -0.05) is 17.7 Å². The van der Waals surface area contributed by atoms with Crippen molar-refractivity contribution in [3.05, 3.63) is 52.8 Å². The molecule has 1 aromatic heterocycles. The van der Waals surface area contributed by atoms with Gasteiger partial charge in [0.05, 0.1) is 26.0 Å². The van der Waals surface area contributed by atoms with Gasteiger partial charge in [0.25, 0.3) is 0 Å². The molecule has 0 aliphatic rings. The molecule has 0 fully saturated rings. The smallest absolute Gasteiger partial charge is 0.137 e. The van der Waals surface area contributed by atoms with Gasteiger partial charge in [-0.25, -0.2) is 0 Å². The van der Waals surface area contributed by atoms with E-state index in [4.69, 9.17) is 26.8 Å². The normalized spacial score (nSPS) is 12.0. The molecule has 106 valence electrons. The third-order valence-corrected chi connectivity index (χ3v) is 3.17. The van der Waals surface area contributed by atoms with Crippen molar-refractivity contribution in [1.82, 2.24) is 4.98 Å². The minimum Gasteiger partial charge on any atom is -0.496 e. The zero-order chi connectivity index (χ0) is 14.5. The first-order valence-corrected chi connectivity index (χ1v) is 6.70. The predicted molar refractivity (Wildman–Crippen MR) is 79.4 cm³/mol. The average Bonchev–Trinajstić information content (AvgIpc) is 2.47. The van der Waals surface area contributed by atoms with Crippen LogP contribution in [0.5, 0.6) is 11.5 Å². The number of hydrogen-bond acceptors (Lipinski definition) is 4. The summed E-state index contributed by atoms with van der Waals surface area (Å²) >= 11 is 5.96. The Kier molecular flexibility index (Phi) is 4.82. The second-order valence-corrected chi connectivity index (χ2v) is 4.69. The van der Waals surface area contributed by atoms with Gasteiger partial charge in [-0.2, -0.15) is 0 Å². The fraction of sp³-hybridized carbons (Fsp3) is 0.267. The van der Waals surface area contributed by atoms with Gasteiger partial charge in [0.15, 0.2) is 0 Å². The van der Waals surface area contributed by atoms with Crippen molar-refractivity contribution >= 4 is 11.6 Å². The van der Waals surface area contributed by atoms with E-state index in [1.54, 1.807) is 31.6 Å². The van der Waals surface area contributed by atoms with Crippen molar-refractivity contribution in [1.29, 1.82) is 0 Å². The standard InChI is InChI=1S/C15H17ClN2O2/c1-3-20-12-6-10(8-18-9-12)15(17)13-5-4-11(16)7-14(13)19-2/h4-9,15H,3,17H2,1-2H3. The molecule has 1 unspecified atom stereocenters. The molecule has 1 heterocycles. The Morgan fingerprint density at radius 1 is 1.30 bits per heavy atom. The van der Waals surface area contributed by atoms with Gasteiger partial charge in [-0.3, -0.25) is 4.98 Å². The lowest BCUT2D eigenvalue weighted by Crippen LogP contribution is -2.13. The molecule has 20 heavy (non-hydrogen) atoms. The molecule has 0 amide bonds. The van der Waals surface area contributed by atoms with Crippen LogP contribution in [0, 0.1) is 0 Å². The number of methoxy groups -OCH3 is 1. The zero-order valence-corrected chi connectivity index (χ0v) is 12.2. The Labute approximate surface area is 123 Å². The molecule has 2 aromatic rings. The molecule has 1 atom stereocenters. The summed E-state index contributed by atoms with van der Waals surface area (Å²) in [6, 6.07) is 6.93. The summed E-state index contributed by atoms with van der Waals surface area (Å²) in [4.78, 5) is 4.15. The van der Waals surface area contributed by atoms with E-state index in [9.17, 15) is 0 Å². The summed E-state index contributed by atoms with van der Waals surface area (Å²) in [5, 5.41) is 0.610. The van der Waals surface area contributed by atoms with Crippen LogP contribution < -0.4 is 15.2 Å². The maximum absolute atomic E-state index is 6.29. The average molecular weight is 293 g/mol. The van der Waals surface area contributed by atoms with Crippen LogP contribution in [-0.4, -0.2) is 18.7 Å². The van der Waals surface area contributed by atoms with Crippen LogP contribution in [0.1, 0.15) is 24.1 Å². The lowest BCUT2D eigenvalue weighted by molar-refractivity contribution is 0.338. The molecular weight excluding hydrogens is 276 g/mol. The highest BCUT2D eigenvalue weighted by molar-refractivity contribution is 6.30. The molecular formula is C15H17ClN2O2. The van der Waals surface area contributed by atoms with Gasteiger partial charge >= 0.3 is 0 Å². The highest BCUT2D eigenvalue weighted by Gasteiger charge is 2.15. The summed E-state index contributed by atoms with van der Waals surface area (Å²) in [6.45, 7) is 2.51. The minimum atomic E-state index is -0.352. The van der Waals surface area contributed by atoms with Crippen LogP contribution >= 0.6 is 11.6 Å². The second kappa shape index (κ2) is 6.59. The molecule has 0 spiro atoms. The first kappa shape index (κ1) is 14.6. The number of benzene rings is 1. The van der Waals surface area contributed by atoms with Crippen molar-refractivity contribution in [2.45, 2.75) is 13.0 Å². The van der Waals surface area contributed by atoms with Gasteiger partial charge < -0.3 is 15.2 Å². The van der Waals surface area contributed by atoms with Crippen molar-refractivity contribution in [2.24, 2.45) is 5.73 Å². The third kappa shape index (κ3) is 3.21. The van der Waals surface area contributed by atoms with E-state index in [0.29, 0.717) is 23.1 Å². The quantitative estimate of drug-likeness (QED) is 0.919. The Hall–Kier alpha value is -1.78. The molecule has 0 bridgehead atoms. The minimum absolute atomic E-state index is 0.352. The van der Waals surface area contributed by atoms with E-state index in [1.165, 1.54) is 0 Å². The summed E-state index contributed by atoms with van der Waals surface area (Å²) in [7, 11) is 1.59. The molecule has 0 saturated heterocycles. The third-order valence-electron chi connectivity index (χ3n) is 2.94. The molecule has 4 nitrogen and oxygen atoms in total. The van der Waals surface area contributed by atoms with E-state index < -0.39 is 0 Å². The van der Waals surface area contributed by atoms with Gasteiger partial charge in [0.2, 0.25) is 0 Å². The van der Waals surface area contributed by atoms with Crippen molar-refractivity contribution in [3.63, 3.8) is 0 Å². The number of halogens is 1. The van der Waals surface area contributed by atoms with Gasteiger partial charge in [0.1, 0.15) is 11.5 Å². The van der Waals surface area contributed by atoms with Crippen LogP contribution in [0.4, 0.5) is 0 Å². The van der Waals surface area contributed by atoms with Crippen molar-refractivity contribution in [2.75, 3.05) is 13.7 Å². The van der Waals surface area contributed by atoms with Crippen molar-refractivity contribution < 1.29 is 9.47 Å². The fourth-order valence-corrected chi connectivity index (χ4v) is 2.13. The number of nitrogens with two attached hydrogens (primary N) is 1. The topological polar surface area (TPSA) is 57.4 Å². The number of pyridine rings is 1. The molecule has 2 N–H and O–H groups in total. The van der Waals surface area contributed by atoms with Crippen LogP contribution in [0.2, 0.25) is 5.02 Å². The molecule has 0 aliphatic heterocycles. The monoisotopic (exact) mass is 292 g/mol. The Bertz CT molecular complexity index is 590. The largest absolute Gasteiger partial charge is 0.496 e. The van der Waals surface area contributed by atoms with Gasteiger partial charge in [0, 0.05) is 16.8 Å².